The highest BCUT2D eigenvalue weighted by atomic mass is 16.2. The lowest BCUT2D eigenvalue weighted by molar-refractivity contribution is 0.0533. The number of para-hydroxylation sites is 1. The molecule has 1 amide bonds. The Morgan fingerprint density at radius 2 is 1.96 bits per heavy atom. The number of aromatic nitrogens is 3. The van der Waals surface area contributed by atoms with Crippen LogP contribution in [0.1, 0.15) is 30.6 Å². The third-order valence-electron chi connectivity index (χ3n) is 5.50. The normalized spacial score (nSPS) is 18.8. The van der Waals surface area contributed by atoms with Crippen molar-refractivity contribution in [3.63, 3.8) is 0 Å². The Kier molecular flexibility index (Phi) is 4.73. The second-order valence-corrected chi connectivity index (χ2v) is 8.02. The van der Waals surface area contributed by atoms with Crippen LogP contribution in [0.2, 0.25) is 0 Å². The van der Waals surface area contributed by atoms with Gasteiger partial charge in [0.25, 0.3) is 5.91 Å². The third-order valence-corrected chi connectivity index (χ3v) is 5.50. The van der Waals surface area contributed by atoms with Gasteiger partial charge in [0, 0.05) is 43.3 Å². The second-order valence-electron chi connectivity index (χ2n) is 8.02. The maximum atomic E-state index is 13.4. The molecule has 0 saturated carbocycles. The van der Waals surface area contributed by atoms with E-state index >= 15 is 0 Å². The molecule has 6 nitrogen and oxygen atoms in total. The van der Waals surface area contributed by atoms with Crippen molar-refractivity contribution in [3.8, 4) is 16.9 Å². The van der Waals surface area contributed by atoms with Gasteiger partial charge in [0.15, 0.2) is 0 Å². The van der Waals surface area contributed by atoms with E-state index in [1.54, 1.807) is 17.1 Å². The van der Waals surface area contributed by atoms with Crippen molar-refractivity contribution in [2.45, 2.75) is 26.3 Å². The van der Waals surface area contributed by atoms with Crippen LogP contribution in [-0.2, 0) is 0 Å². The number of benzene rings is 1. The maximum Gasteiger partial charge on any atom is 0.257 e. The molecule has 0 radical (unpaired) electrons. The van der Waals surface area contributed by atoms with E-state index in [-0.39, 0.29) is 17.4 Å². The van der Waals surface area contributed by atoms with E-state index in [1.165, 1.54) is 0 Å². The summed E-state index contributed by atoms with van der Waals surface area (Å²) in [6.45, 7) is 5.53. The van der Waals surface area contributed by atoms with Crippen LogP contribution in [0.25, 0.3) is 16.9 Å². The number of nitrogens with two attached hydrogens (primary N) is 1. The number of piperidine rings is 1. The minimum Gasteiger partial charge on any atom is -0.338 e. The van der Waals surface area contributed by atoms with Crippen LogP contribution < -0.4 is 5.73 Å². The van der Waals surface area contributed by atoms with Crippen molar-refractivity contribution in [2.75, 3.05) is 13.1 Å². The number of likely N-dealkylation sites (tertiary alicyclic amines) is 1. The van der Waals surface area contributed by atoms with E-state index in [2.05, 4.69) is 18.8 Å². The second kappa shape index (κ2) is 7.20. The van der Waals surface area contributed by atoms with Gasteiger partial charge in [0.1, 0.15) is 5.69 Å². The highest BCUT2D eigenvalue weighted by molar-refractivity contribution is 6.00. The molecular weight excluding hydrogens is 350 g/mol. The van der Waals surface area contributed by atoms with Gasteiger partial charge in [0.05, 0.1) is 11.3 Å². The van der Waals surface area contributed by atoms with E-state index in [4.69, 9.17) is 10.8 Å². The summed E-state index contributed by atoms with van der Waals surface area (Å²) in [5, 5.41) is 4.72. The molecule has 3 heterocycles. The number of hydrogen-bond donors (Lipinski definition) is 1. The Labute approximate surface area is 165 Å². The fraction of sp³-hybridized carbons (Fsp3) is 0.318. The topological polar surface area (TPSA) is 77.0 Å². The summed E-state index contributed by atoms with van der Waals surface area (Å²) in [5.74, 6) is -0.0130. The Balaban J connectivity index is 1.75. The first kappa shape index (κ1) is 18.4. The smallest absolute Gasteiger partial charge is 0.257 e. The first-order chi connectivity index (χ1) is 13.5. The third kappa shape index (κ3) is 3.43. The number of hydrogen-bond acceptors (Lipinski definition) is 4. The summed E-state index contributed by atoms with van der Waals surface area (Å²) in [6, 6.07) is 13.7. The van der Waals surface area contributed by atoms with Gasteiger partial charge >= 0.3 is 0 Å². The van der Waals surface area contributed by atoms with Gasteiger partial charge in [-0.2, -0.15) is 5.10 Å². The molecule has 0 bridgehead atoms. The molecule has 0 aliphatic carbocycles. The average molecular weight is 375 g/mol. The molecule has 0 spiro atoms. The van der Waals surface area contributed by atoms with Crippen molar-refractivity contribution in [3.05, 3.63) is 66.6 Å². The predicted molar refractivity (Wildman–Crippen MR) is 109 cm³/mol. The van der Waals surface area contributed by atoms with Crippen LogP contribution in [-0.4, -0.2) is 44.7 Å². The monoisotopic (exact) mass is 375 g/mol. The molecule has 1 aliphatic rings. The molecule has 1 aromatic carbocycles. The van der Waals surface area contributed by atoms with E-state index in [0.717, 1.165) is 17.7 Å². The number of carbonyl (C=O) groups is 1. The van der Waals surface area contributed by atoms with Gasteiger partial charge in [-0.05, 0) is 36.1 Å². The summed E-state index contributed by atoms with van der Waals surface area (Å²) in [4.78, 5) is 19.5. The fourth-order valence-corrected chi connectivity index (χ4v) is 3.68. The molecule has 4 rings (SSSR count). The van der Waals surface area contributed by atoms with E-state index < -0.39 is 0 Å². The first-order valence-corrected chi connectivity index (χ1v) is 9.56. The van der Waals surface area contributed by atoms with Gasteiger partial charge in [-0.25, -0.2) is 4.68 Å². The van der Waals surface area contributed by atoms with Crippen LogP contribution >= 0.6 is 0 Å². The van der Waals surface area contributed by atoms with Crippen LogP contribution in [0.5, 0.6) is 0 Å². The Bertz CT molecular complexity index is 965. The zero-order chi connectivity index (χ0) is 19.7. The minimum atomic E-state index is -0.113. The van der Waals surface area contributed by atoms with Gasteiger partial charge in [-0.3, -0.25) is 9.78 Å². The molecule has 144 valence electrons. The molecule has 28 heavy (non-hydrogen) atoms. The molecule has 1 aliphatic heterocycles. The summed E-state index contributed by atoms with van der Waals surface area (Å²) in [6.07, 6.45) is 6.08. The summed E-state index contributed by atoms with van der Waals surface area (Å²) in [5.41, 5.74) is 9.11. The van der Waals surface area contributed by atoms with Crippen LogP contribution in [0, 0.1) is 5.41 Å². The lowest BCUT2D eigenvalue weighted by Crippen LogP contribution is -2.54. The number of pyridine rings is 1. The molecule has 3 aromatic rings. The SMILES string of the molecule is CC1(C)CN(C(=O)c2cn(-c3ccccc3)nc2-c2cccnc2)CCC1N. The quantitative estimate of drug-likeness (QED) is 0.763. The van der Waals surface area contributed by atoms with Gasteiger partial charge < -0.3 is 10.6 Å². The van der Waals surface area contributed by atoms with Crippen molar-refractivity contribution >= 4 is 5.91 Å². The van der Waals surface area contributed by atoms with E-state index in [9.17, 15) is 4.79 Å². The average Bonchev–Trinajstić information content (AvgIpc) is 3.16. The number of amides is 1. The highest BCUT2D eigenvalue weighted by Gasteiger charge is 2.36. The molecule has 1 unspecified atom stereocenters. The zero-order valence-electron chi connectivity index (χ0n) is 16.2. The molecule has 1 saturated heterocycles. The van der Waals surface area contributed by atoms with Crippen LogP contribution in [0.4, 0.5) is 0 Å². The maximum absolute atomic E-state index is 13.4. The van der Waals surface area contributed by atoms with Gasteiger partial charge in [-0.15, -0.1) is 0 Å². The van der Waals surface area contributed by atoms with Crippen molar-refractivity contribution in [1.82, 2.24) is 19.7 Å². The lowest BCUT2D eigenvalue weighted by atomic mass is 9.79. The Morgan fingerprint density at radius 1 is 1.18 bits per heavy atom. The van der Waals surface area contributed by atoms with Crippen LogP contribution in [0.3, 0.4) is 0 Å². The van der Waals surface area contributed by atoms with Crippen LogP contribution in [0.15, 0.2) is 61.1 Å². The Hall–Kier alpha value is -2.99. The van der Waals surface area contributed by atoms with E-state index in [1.807, 2.05) is 53.6 Å². The summed E-state index contributed by atoms with van der Waals surface area (Å²) < 4.78 is 1.76. The standard InChI is InChI=1S/C22H25N5O/c1-22(2)15-26(12-10-19(22)23)21(28)18-14-27(17-8-4-3-5-9-17)25-20(18)16-7-6-11-24-13-16/h3-9,11,13-14,19H,10,12,15,23H2,1-2H3. The fourth-order valence-electron chi connectivity index (χ4n) is 3.68. The molecule has 1 fully saturated rings. The van der Waals surface area contributed by atoms with Gasteiger partial charge in [-0.1, -0.05) is 32.0 Å². The summed E-state index contributed by atoms with van der Waals surface area (Å²) >= 11 is 0. The molecule has 2 aromatic heterocycles. The van der Waals surface area contributed by atoms with Crippen molar-refractivity contribution in [2.24, 2.45) is 11.1 Å². The highest BCUT2D eigenvalue weighted by Crippen LogP contribution is 2.30. The first-order valence-electron chi connectivity index (χ1n) is 9.56. The van der Waals surface area contributed by atoms with Crippen molar-refractivity contribution in [1.29, 1.82) is 0 Å². The Morgan fingerprint density at radius 3 is 2.64 bits per heavy atom. The molecular formula is C22H25N5O. The molecule has 6 heteroatoms. The van der Waals surface area contributed by atoms with Crippen molar-refractivity contribution < 1.29 is 4.79 Å². The number of carbonyl (C=O) groups excluding carboxylic acids is 1. The number of rotatable bonds is 3. The van der Waals surface area contributed by atoms with E-state index in [0.29, 0.717) is 24.3 Å². The zero-order valence-corrected chi connectivity index (χ0v) is 16.2. The summed E-state index contributed by atoms with van der Waals surface area (Å²) in [7, 11) is 0. The van der Waals surface area contributed by atoms with Gasteiger partial charge in [0.2, 0.25) is 0 Å². The molecule has 2 N–H and O–H groups in total. The largest absolute Gasteiger partial charge is 0.338 e. The molecule has 1 atom stereocenters. The lowest BCUT2D eigenvalue weighted by Gasteiger charge is -2.42. The number of nitrogens with zero attached hydrogens (tertiary/aromatic N) is 4. The predicted octanol–water partition coefficient (Wildman–Crippen LogP) is 3.13. The minimum absolute atomic E-state index is 0.0130.